The van der Waals surface area contributed by atoms with E-state index in [1.165, 1.54) is 7.11 Å². The first kappa shape index (κ1) is 15.7. The van der Waals surface area contributed by atoms with E-state index in [9.17, 15) is 9.90 Å². The van der Waals surface area contributed by atoms with Crippen molar-refractivity contribution in [3.8, 4) is 0 Å². The molecule has 0 radical (unpaired) electrons. The van der Waals surface area contributed by atoms with E-state index in [1.54, 1.807) is 4.68 Å². The summed E-state index contributed by atoms with van der Waals surface area (Å²) in [6.45, 7) is 4.58. The SMILES string of the molecule is COCC(O)CCNC(=O)Cc1c(C)nn(C)c1C. The van der Waals surface area contributed by atoms with Gasteiger partial charge in [-0.1, -0.05) is 0 Å². The van der Waals surface area contributed by atoms with Gasteiger partial charge in [0.05, 0.1) is 24.8 Å². The summed E-state index contributed by atoms with van der Waals surface area (Å²) in [4.78, 5) is 11.8. The number of aromatic nitrogens is 2. The number of aliphatic hydroxyl groups is 1. The van der Waals surface area contributed by atoms with Crippen LogP contribution in [0, 0.1) is 13.8 Å². The second-order valence-corrected chi connectivity index (χ2v) is 4.70. The monoisotopic (exact) mass is 269 g/mol. The molecule has 6 nitrogen and oxygen atoms in total. The molecule has 1 amide bonds. The highest BCUT2D eigenvalue weighted by Gasteiger charge is 2.13. The van der Waals surface area contributed by atoms with Gasteiger partial charge in [-0.15, -0.1) is 0 Å². The van der Waals surface area contributed by atoms with Gasteiger partial charge in [0.1, 0.15) is 0 Å². The normalized spacial score (nSPS) is 12.5. The minimum absolute atomic E-state index is 0.0520. The summed E-state index contributed by atoms with van der Waals surface area (Å²) in [5.74, 6) is -0.0520. The molecule has 0 aliphatic rings. The zero-order valence-corrected chi connectivity index (χ0v) is 12.1. The summed E-state index contributed by atoms with van der Waals surface area (Å²) in [5, 5.41) is 16.5. The van der Waals surface area contributed by atoms with Crippen LogP contribution in [0.3, 0.4) is 0 Å². The summed E-state index contributed by atoms with van der Waals surface area (Å²) in [5.41, 5.74) is 2.86. The standard InChI is InChI=1S/C13H23N3O3/c1-9-12(10(2)16(3)15-9)7-13(18)14-6-5-11(17)8-19-4/h11,17H,5-8H2,1-4H3,(H,14,18). The molecule has 1 atom stereocenters. The molecule has 2 N–H and O–H groups in total. The van der Waals surface area contributed by atoms with Crippen LogP contribution in [0.1, 0.15) is 23.4 Å². The summed E-state index contributed by atoms with van der Waals surface area (Å²) in [7, 11) is 3.40. The Morgan fingerprint density at radius 1 is 1.53 bits per heavy atom. The van der Waals surface area contributed by atoms with E-state index < -0.39 is 6.10 Å². The Morgan fingerprint density at radius 2 is 2.21 bits per heavy atom. The zero-order chi connectivity index (χ0) is 14.4. The van der Waals surface area contributed by atoms with Crippen LogP contribution in [-0.2, 0) is 23.0 Å². The molecule has 0 aliphatic carbocycles. The molecule has 1 heterocycles. The van der Waals surface area contributed by atoms with Crippen LogP contribution < -0.4 is 5.32 Å². The lowest BCUT2D eigenvalue weighted by atomic mass is 10.1. The molecular formula is C13H23N3O3. The fourth-order valence-electron chi connectivity index (χ4n) is 1.95. The Bertz CT molecular complexity index is 429. The lowest BCUT2D eigenvalue weighted by Gasteiger charge is -2.10. The molecule has 1 aromatic rings. The van der Waals surface area contributed by atoms with Gasteiger partial charge in [-0.2, -0.15) is 5.10 Å². The Morgan fingerprint density at radius 3 is 2.74 bits per heavy atom. The lowest BCUT2D eigenvalue weighted by molar-refractivity contribution is -0.120. The summed E-state index contributed by atoms with van der Waals surface area (Å²) in [6.07, 6.45) is 0.281. The van der Waals surface area contributed by atoms with Crippen molar-refractivity contribution >= 4 is 5.91 Å². The number of hydrogen-bond acceptors (Lipinski definition) is 4. The maximum Gasteiger partial charge on any atom is 0.224 e. The van der Waals surface area contributed by atoms with E-state index in [-0.39, 0.29) is 12.5 Å². The van der Waals surface area contributed by atoms with Crippen molar-refractivity contribution in [1.29, 1.82) is 0 Å². The number of aryl methyl sites for hydroxylation is 2. The summed E-state index contributed by atoms with van der Waals surface area (Å²) in [6, 6.07) is 0. The van der Waals surface area contributed by atoms with E-state index in [4.69, 9.17) is 4.74 Å². The van der Waals surface area contributed by atoms with E-state index in [1.807, 2.05) is 20.9 Å². The third kappa shape index (κ3) is 4.65. The number of nitrogens with zero attached hydrogens (tertiary/aromatic N) is 2. The number of amides is 1. The first-order valence-electron chi connectivity index (χ1n) is 6.38. The van der Waals surface area contributed by atoms with Gasteiger partial charge in [0.2, 0.25) is 5.91 Å². The number of nitrogens with one attached hydrogen (secondary N) is 1. The zero-order valence-electron chi connectivity index (χ0n) is 12.1. The second-order valence-electron chi connectivity index (χ2n) is 4.70. The Kier molecular flexibility index (Phi) is 5.98. The van der Waals surface area contributed by atoms with Crippen molar-refractivity contribution in [2.24, 2.45) is 7.05 Å². The molecule has 0 saturated carbocycles. The van der Waals surface area contributed by atoms with Crippen molar-refractivity contribution in [3.63, 3.8) is 0 Å². The average molecular weight is 269 g/mol. The lowest BCUT2D eigenvalue weighted by Crippen LogP contribution is -2.29. The van der Waals surface area contributed by atoms with Gasteiger partial charge in [0, 0.05) is 32.0 Å². The summed E-state index contributed by atoms with van der Waals surface area (Å²) < 4.78 is 6.60. The molecule has 0 fully saturated rings. The second kappa shape index (κ2) is 7.25. The fraction of sp³-hybridized carbons (Fsp3) is 0.692. The van der Waals surface area contributed by atoms with E-state index in [0.717, 1.165) is 17.0 Å². The molecule has 0 aliphatic heterocycles. The number of aliphatic hydroxyl groups excluding tert-OH is 1. The molecule has 6 heteroatoms. The molecule has 0 aromatic carbocycles. The highest BCUT2D eigenvalue weighted by Crippen LogP contribution is 2.12. The van der Waals surface area contributed by atoms with Crippen LogP contribution in [0.15, 0.2) is 0 Å². The number of carbonyl (C=O) groups is 1. The smallest absolute Gasteiger partial charge is 0.224 e. The number of rotatable bonds is 7. The predicted molar refractivity (Wildman–Crippen MR) is 71.9 cm³/mol. The van der Waals surface area contributed by atoms with Gasteiger partial charge in [-0.05, 0) is 20.3 Å². The van der Waals surface area contributed by atoms with Gasteiger partial charge >= 0.3 is 0 Å². The molecule has 0 saturated heterocycles. The molecule has 19 heavy (non-hydrogen) atoms. The van der Waals surface area contributed by atoms with Crippen molar-refractivity contribution in [2.45, 2.75) is 32.8 Å². The first-order chi connectivity index (χ1) is 8.95. The maximum atomic E-state index is 11.8. The average Bonchev–Trinajstić information content (AvgIpc) is 2.56. The van der Waals surface area contributed by atoms with Gasteiger partial charge in [0.15, 0.2) is 0 Å². The maximum absolute atomic E-state index is 11.8. The molecule has 108 valence electrons. The Balaban J connectivity index is 2.39. The molecular weight excluding hydrogens is 246 g/mol. The largest absolute Gasteiger partial charge is 0.391 e. The van der Waals surface area contributed by atoms with Crippen molar-refractivity contribution in [1.82, 2.24) is 15.1 Å². The van der Waals surface area contributed by atoms with Crippen LogP contribution in [0.2, 0.25) is 0 Å². The predicted octanol–water partition coefficient (Wildman–Crippen LogP) is 0.0930. The van der Waals surface area contributed by atoms with Crippen LogP contribution in [-0.4, -0.2) is 47.2 Å². The van der Waals surface area contributed by atoms with Crippen LogP contribution in [0.5, 0.6) is 0 Å². The van der Waals surface area contributed by atoms with E-state index >= 15 is 0 Å². The fourth-order valence-corrected chi connectivity index (χ4v) is 1.95. The number of methoxy groups -OCH3 is 1. The highest BCUT2D eigenvalue weighted by atomic mass is 16.5. The third-order valence-electron chi connectivity index (χ3n) is 3.15. The number of ether oxygens (including phenoxy) is 1. The first-order valence-corrected chi connectivity index (χ1v) is 6.38. The van der Waals surface area contributed by atoms with Gasteiger partial charge in [-0.25, -0.2) is 0 Å². The molecule has 0 bridgehead atoms. The van der Waals surface area contributed by atoms with Crippen LogP contribution in [0.25, 0.3) is 0 Å². The molecule has 0 spiro atoms. The Hall–Kier alpha value is -1.40. The topological polar surface area (TPSA) is 76.4 Å². The van der Waals surface area contributed by atoms with Crippen molar-refractivity contribution in [3.05, 3.63) is 17.0 Å². The van der Waals surface area contributed by atoms with E-state index in [0.29, 0.717) is 19.4 Å². The van der Waals surface area contributed by atoms with Crippen LogP contribution in [0.4, 0.5) is 0 Å². The van der Waals surface area contributed by atoms with Gasteiger partial charge in [-0.3, -0.25) is 9.48 Å². The van der Waals surface area contributed by atoms with Crippen molar-refractivity contribution in [2.75, 3.05) is 20.3 Å². The van der Waals surface area contributed by atoms with Gasteiger partial charge in [0.25, 0.3) is 0 Å². The molecule has 1 unspecified atom stereocenters. The number of hydrogen-bond donors (Lipinski definition) is 2. The van der Waals surface area contributed by atoms with Crippen LogP contribution >= 0.6 is 0 Å². The van der Waals surface area contributed by atoms with Gasteiger partial charge < -0.3 is 15.2 Å². The van der Waals surface area contributed by atoms with Crippen molar-refractivity contribution < 1.29 is 14.6 Å². The third-order valence-corrected chi connectivity index (χ3v) is 3.15. The summed E-state index contributed by atoms with van der Waals surface area (Å²) >= 11 is 0. The molecule has 1 aromatic heterocycles. The minimum atomic E-state index is -0.535. The highest BCUT2D eigenvalue weighted by molar-refractivity contribution is 5.79. The quantitative estimate of drug-likeness (QED) is 0.735. The Labute approximate surface area is 113 Å². The van der Waals surface area contributed by atoms with E-state index in [2.05, 4.69) is 10.4 Å². The number of carbonyl (C=O) groups excluding carboxylic acids is 1. The molecule has 1 rings (SSSR count). The minimum Gasteiger partial charge on any atom is -0.391 e.